The smallest absolute Gasteiger partial charge is 0.326 e. The molecule has 7 unspecified atom stereocenters. The van der Waals surface area contributed by atoms with Gasteiger partial charge in [-0.1, -0.05) is 91.1 Å². The molecular formula is C50H75ClN6O11. The zero-order chi connectivity index (χ0) is 50.7. The molecular weight excluding hydrogens is 896 g/mol. The number of ether oxygens (including phenoxy) is 2. The van der Waals surface area contributed by atoms with Crippen molar-refractivity contribution in [2.75, 3.05) is 34.9 Å². The number of piperidine rings is 1. The molecule has 378 valence electrons. The molecule has 1 aromatic rings. The second kappa shape index (κ2) is 25.1. The topological polar surface area (TPSA) is 212 Å². The lowest BCUT2D eigenvalue weighted by Gasteiger charge is -2.41. The summed E-state index contributed by atoms with van der Waals surface area (Å²) >= 11 is 6.31. The fraction of sp³-hybridized carbons (Fsp3) is 0.680. The Kier molecular flexibility index (Phi) is 20.6. The SMILES string of the molecule is CCC(C)C(C(CC(=O)N1C2C[C@H]2C[C@H]1C(OC)[C@@H](C)C(=O)NC(Cc1ccccc1Cl)C(=O)O)OC)N(C)C(=O)[C@@H](NC(=O)C(C(C)C)N(C)C(=O)CCCCCN1C(=O)C=CC1=O)C(C)C. The molecule has 2 fully saturated rings. The second-order valence-corrected chi connectivity index (χ2v) is 20.0. The van der Waals surface area contributed by atoms with E-state index in [0.717, 1.165) is 6.42 Å². The van der Waals surface area contributed by atoms with Gasteiger partial charge in [-0.3, -0.25) is 38.5 Å². The fourth-order valence-corrected chi connectivity index (χ4v) is 10.2. The number of carbonyl (C=O) groups excluding carboxylic acids is 7. The third kappa shape index (κ3) is 13.7. The molecule has 1 aliphatic carbocycles. The van der Waals surface area contributed by atoms with Crippen LogP contribution in [0.25, 0.3) is 0 Å². The van der Waals surface area contributed by atoms with Crippen LogP contribution in [0.15, 0.2) is 36.4 Å². The standard InChI is InChI=1S/C50H75ClN6O11/c1-12-30(6)45(55(9)49(64)43(28(2)3)53-48(63)44(29(4)5)54(8)39(58)20-14-13-17-23-56-40(59)21-22-41(56)60)38(67-10)27-42(61)57-36-25-33(36)26-37(57)46(68-11)31(7)47(62)52-35(50(65)66)24-32-18-15-16-19-34(32)51/h15-16,18-19,21-22,28-31,33,35-38,43-46H,12-14,17,20,23-27H2,1-11H3,(H,52,62)(H,53,63)(H,65,66)/t30?,31-,33+,35?,36?,37+,38?,43+,44?,45?,46?/m1/s1. The Bertz CT molecular complexity index is 2000. The quantitative estimate of drug-likeness (QED) is 0.0827. The maximum atomic E-state index is 14.6. The van der Waals surface area contributed by atoms with Gasteiger partial charge in [0.15, 0.2) is 0 Å². The molecule has 1 aromatic carbocycles. The van der Waals surface area contributed by atoms with E-state index in [-0.39, 0.29) is 85.1 Å². The van der Waals surface area contributed by atoms with Gasteiger partial charge in [0.25, 0.3) is 11.8 Å². The molecule has 0 radical (unpaired) electrons. The number of unbranched alkanes of at least 4 members (excludes halogenated alkanes) is 2. The first-order chi connectivity index (χ1) is 32.1. The van der Waals surface area contributed by atoms with Crippen molar-refractivity contribution in [3.8, 4) is 0 Å². The average Bonchev–Trinajstić information content (AvgIpc) is 3.84. The van der Waals surface area contributed by atoms with Gasteiger partial charge < -0.3 is 39.9 Å². The third-order valence-electron chi connectivity index (χ3n) is 14.2. The predicted molar refractivity (Wildman–Crippen MR) is 256 cm³/mol. The van der Waals surface area contributed by atoms with E-state index in [4.69, 9.17) is 21.1 Å². The Labute approximate surface area is 407 Å². The van der Waals surface area contributed by atoms with E-state index in [2.05, 4.69) is 10.6 Å². The number of halogens is 1. The van der Waals surface area contributed by atoms with E-state index >= 15 is 0 Å². The van der Waals surface area contributed by atoms with Crippen LogP contribution in [0.2, 0.25) is 5.02 Å². The van der Waals surface area contributed by atoms with Crippen molar-refractivity contribution < 1.29 is 52.9 Å². The van der Waals surface area contributed by atoms with E-state index in [0.29, 0.717) is 42.7 Å². The molecule has 2 heterocycles. The molecule has 2 aliphatic heterocycles. The summed E-state index contributed by atoms with van der Waals surface area (Å²) in [5.74, 6) is -5.12. The van der Waals surface area contributed by atoms with Crippen molar-refractivity contribution in [1.82, 2.24) is 30.2 Å². The van der Waals surface area contributed by atoms with Crippen LogP contribution in [-0.2, 0) is 54.3 Å². The molecule has 0 aromatic heterocycles. The van der Waals surface area contributed by atoms with Crippen LogP contribution < -0.4 is 10.6 Å². The fourth-order valence-electron chi connectivity index (χ4n) is 10.00. The summed E-state index contributed by atoms with van der Waals surface area (Å²) in [7, 11) is 6.22. The molecule has 4 rings (SSSR count). The highest BCUT2D eigenvalue weighted by Crippen LogP contribution is 2.50. The predicted octanol–water partition coefficient (Wildman–Crippen LogP) is 4.48. The first-order valence-corrected chi connectivity index (χ1v) is 24.5. The van der Waals surface area contributed by atoms with Crippen LogP contribution in [0, 0.1) is 29.6 Å². The molecule has 18 heteroatoms. The van der Waals surface area contributed by atoms with Crippen LogP contribution in [-0.4, -0.2) is 155 Å². The lowest BCUT2D eigenvalue weighted by Crippen LogP contribution is -2.60. The number of carboxylic acids is 1. The molecule has 7 amide bonds. The molecule has 0 bridgehead atoms. The Balaban J connectivity index is 1.44. The van der Waals surface area contributed by atoms with Crippen molar-refractivity contribution in [1.29, 1.82) is 0 Å². The lowest BCUT2D eigenvalue weighted by molar-refractivity contribution is -0.149. The molecule has 0 spiro atoms. The Morgan fingerprint density at radius 2 is 1.50 bits per heavy atom. The number of fused-ring (bicyclic) bond motifs is 1. The molecule has 3 N–H and O–H groups in total. The number of rotatable bonds is 27. The van der Waals surface area contributed by atoms with Crippen LogP contribution in [0.4, 0.5) is 0 Å². The molecule has 1 saturated carbocycles. The minimum absolute atomic E-state index is 0.0194. The summed E-state index contributed by atoms with van der Waals surface area (Å²) in [6.07, 6.45) is 4.75. The molecule has 1 saturated heterocycles. The Hall–Kier alpha value is -4.87. The van der Waals surface area contributed by atoms with E-state index < -0.39 is 66.1 Å². The van der Waals surface area contributed by atoms with E-state index in [1.165, 1.54) is 36.2 Å². The van der Waals surface area contributed by atoms with Crippen molar-refractivity contribution >= 4 is 58.9 Å². The summed E-state index contributed by atoms with van der Waals surface area (Å²) in [5.41, 5.74) is 0.579. The first kappa shape index (κ1) is 55.7. The largest absolute Gasteiger partial charge is 0.480 e. The highest BCUT2D eigenvalue weighted by atomic mass is 35.5. The number of carbonyl (C=O) groups is 8. The second-order valence-electron chi connectivity index (χ2n) is 19.6. The zero-order valence-electron chi connectivity index (χ0n) is 41.7. The van der Waals surface area contributed by atoms with E-state index in [9.17, 15) is 43.5 Å². The van der Waals surface area contributed by atoms with Crippen LogP contribution in [0.1, 0.15) is 105 Å². The van der Waals surface area contributed by atoms with Gasteiger partial charge in [-0.15, -0.1) is 0 Å². The number of hydrogen-bond acceptors (Lipinski definition) is 10. The van der Waals surface area contributed by atoms with Crippen LogP contribution >= 0.6 is 11.6 Å². The van der Waals surface area contributed by atoms with Gasteiger partial charge in [-0.2, -0.15) is 0 Å². The highest BCUT2D eigenvalue weighted by molar-refractivity contribution is 6.31. The van der Waals surface area contributed by atoms with Gasteiger partial charge in [0.2, 0.25) is 29.5 Å². The number of likely N-dealkylation sites (N-methyl/N-ethyl adjacent to an activating group) is 2. The lowest BCUT2D eigenvalue weighted by atomic mass is 9.89. The number of nitrogens with one attached hydrogen (secondary N) is 2. The number of imide groups is 1. The van der Waals surface area contributed by atoms with E-state index in [1.807, 2.05) is 41.5 Å². The monoisotopic (exact) mass is 971 g/mol. The summed E-state index contributed by atoms with van der Waals surface area (Å²) in [4.78, 5) is 112. The molecule has 17 nitrogen and oxygen atoms in total. The van der Waals surface area contributed by atoms with Crippen molar-refractivity contribution in [3.05, 3.63) is 47.0 Å². The van der Waals surface area contributed by atoms with Crippen molar-refractivity contribution in [2.24, 2.45) is 29.6 Å². The number of methoxy groups -OCH3 is 2. The summed E-state index contributed by atoms with van der Waals surface area (Å²) in [6.45, 7) is 13.2. The zero-order valence-corrected chi connectivity index (χ0v) is 42.5. The molecule has 11 atom stereocenters. The number of aliphatic carboxylic acids is 1. The van der Waals surface area contributed by atoms with Gasteiger partial charge in [0.1, 0.15) is 18.1 Å². The normalized spacial score (nSPS) is 21.1. The average molecular weight is 972 g/mol. The Morgan fingerprint density at radius 1 is 0.853 bits per heavy atom. The van der Waals surface area contributed by atoms with Crippen molar-refractivity contribution in [3.63, 3.8) is 0 Å². The summed E-state index contributed by atoms with van der Waals surface area (Å²) in [5, 5.41) is 16.1. The first-order valence-electron chi connectivity index (χ1n) is 24.1. The van der Waals surface area contributed by atoms with Crippen molar-refractivity contribution in [2.45, 2.75) is 155 Å². The maximum Gasteiger partial charge on any atom is 0.326 e. The van der Waals surface area contributed by atoms with E-state index in [1.54, 1.807) is 55.1 Å². The van der Waals surface area contributed by atoms with Crippen LogP contribution in [0.5, 0.6) is 0 Å². The van der Waals surface area contributed by atoms with Gasteiger partial charge in [-0.05, 0) is 61.0 Å². The van der Waals surface area contributed by atoms with Gasteiger partial charge in [0.05, 0.1) is 36.6 Å². The van der Waals surface area contributed by atoms with Gasteiger partial charge in [-0.25, -0.2) is 4.79 Å². The maximum absolute atomic E-state index is 14.6. The minimum atomic E-state index is -1.25. The van der Waals surface area contributed by atoms with Crippen LogP contribution in [0.3, 0.4) is 0 Å². The molecule has 68 heavy (non-hydrogen) atoms. The molecule has 3 aliphatic rings. The number of carboxylic acid groups (broad SMARTS) is 1. The summed E-state index contributed by atoms with van der Waals surface area (Å²) < 4.78 is 12.0. The number of benzene rings is 1. The summed E-state index contributed by atoms with van der Waals surface area (Å²) in [6, 6.07) is 2.63. The van der Waals surface area contributed by atoms with Gasteiger partial charge in [0, 0.05) is 70.9 Å². The number of hydrogen-bond donors (Lipinski definition) is 3. The number of amides is 7. The Morgan fingerprint density at radius 3 is 2.06 bits per heavy atom. The minimum Gasteiger partial charge on any atom is -0.480 e. The highest BCUT2D eigenvalue weighted by Gasteiger charge is 2.57. The number of nitrogens with zero attached hydrogens (tertiary/aromatic N) is 4. The van der Waals surface area contributed by atoms with Gasteiger partial charge >= 0.3 is 5.97 Å². The third-order valence-corrected chi connectivity index (χ3v) is 14.6. The number of likely N-dealkylation sites (tertiary alicyclic amines) is 1.